The van der Waals surface area contributed by atoms with Gasteiger partial charge < -0.3 is 23.7 Å². The van der Waals surface area contributed by atoms with E-state index in [9.17, 15) is 9.59 Å². The Morgan fingerprint density at radius 2 is 1.79 bits per heavy atom. The van der Waals surface area contributed by atoms with Gasteiger partial charge in [0.2, 0.25) is 0 Å². The number of ether oxygens (including phenoxy) is 5. The molecule has 9 nitrogen and oxygen atoms in total. The van der Waals surface area contributed by atoms with Gasteiger partial charge in [0, 0.05) is 0 Å². The lowest BCUT2D eigenvalue weighted by atomic mass is 9.95. The van der Waals surface area contributed by atoms with Crippen LogP contribution in [-0.2, 0) is 16.1 Å². The molecule has 1 aromatic heterocycles. The van der Waals surface area contributed by atoms with Gasteiger partial charge in [-0.15, -0.1) is 0 Å². The molecule has 0 fully saturated rings. The number of halogens is 3. The number of thiazole rings is 1. The van der Waals surface area contributed by atoms with Crippen LogP contribution in [0.3, 0.4) is 0 Å². The van der Waals surface area contributed by atoms with Gasteiger partial charge in [-0.25, -0.2) is 9.79 Å². The Bertz CT molecular complexity index is 2090. The van der Waals surface area contributed by atoms with Crippen LogP contribution in [0.25, 0.3) is 6.08 Å². The number of allylic oxidation sites excluding steroid dienone is 1. The second kappa shape index (κ2) is 15.2. The van der Waals surface area contributed by atoms with Crippen LogP contribution in [-0.4, -0.2) is 37.5 Å². The number of benzene rings is 3. The van der Waals surface area contributed by atoms with Crippen molar-refractivity contribution in [2.75, 3.05) is 20.8 Å². The molecule has 1 aliphatic heterocycles. The minimum absolute atomic E-state index is 0.0819. The van der Waals surface area contributed by atoms with Crippen LogP contribution in [0.4, 0.5) is 0 Å². The van der Waals surface area contributed by atoms with Gasteiger partial charge in [0.05, 0.1) is 63.3 Å². The van der Waals surface area contributed by atoms with Gasteiger partial charge in [0.25, 0.3) is 5.56 Å². The van der Waals surface area contributed by atoms with Gasteiger partial charge in [-0.05, 0) is 103 Å². The topological polar surface area (TPSA) is 97.6 Å². The van der Waals surface area contributed by atoms with Crippen molar-refractivity contribution in [3.63, 3.8) is 0 Å². The second-order valence-electron chi connectivity index (χ2n) is 11.0. The number of fused-ring (bicyclic) bond motifs is 1. The van der Waals surface area contributed by atoms with Crippen LogP contribution >= 0.6 is 50.5 Å². The molecule has 5 rings (SSSR count). The minimum atomic E-state index is -0.817. The summed E-state index contributed by atoms with van der Waals surface area (Å²) in [7, 11) is 3.08. The molecule has 0 amide bonds. The zero-order valence-electron chi connectivity index (χ0n) is 27.1. The molecule has 2 heterocycles. The van der Waals surface area contributed by atoms with E-state index in [4.69, 9.17) is 46.9 Å². The summed E-state index contributed by atoms with van der Waals surface area (Å²) in [6.07, 6.45) is 1.67. The maximum atomic E-state index is 14.2. The third-order valence-corrected chi connectivity index (χ3v) is 9.61. The molecule has 13 heteroatoms. The predicted molar refractivity (Wildman–Crippen MR) is 191 cm³/mol. The van der Waals surface area contributed by atoms with Gasteiger partial charge in [0.1, 0.15) is 6.61 Å². The molecule has 252 valence electrons. The van der Waals surface area contributed by atoms with E-state index in [2.05, 4.69) is 20.9 Å². The Labute approximate surface area is 300 Å². The fourth-order valence-corrected chi connectivity index (χ4v) is 7.15. The van der Waals surface area contributed by atoms with Crippen molar-refractivity contribution in [1.29, 1.82) is 0 Å². The van der Waals surface area contributed by atoms with E-state index in [0.29, 0.717) is 63.7 Å². The molecule has 0 saturated carbocycles. The number of esters is 1. The molecular formula is C35H33BrCl2N2O7S. The van der Waals surface area contributed by atoms with E-state index in [1.165, 1.54) is 23.0 Å². The van der Waals surface area contributed by atoms with Crippen LogP contribution in [0.1, 0.15) is 50.4 Å². The van der Waals surface area contributed by atoms with E-state index in [0.717, 1.165) is 5.56 Å². The van der Waals surface area contributed by atoms with Crippen molar-refractivity contribution in [3.05, 3.63) is 111 Å². The van der Waals surface area contributed by atoms with Crippen LogP contribution in [0.2, 0.25) is 10.0 Å². The molecule has 0 spiro atoms. The smallest absolute Gasteiger partial charge is 0.338 e. The number of nitrogens with zero attached hydrogens (tertiary/aromatic N) is 2. The van der Waals surface area contributed by atoms with Crippen LogP contribution in [0.15, 0.2) is 74.1 Å². The predicted octanol–water partition coefficient (Wildman–Crippen LogP) is 7.25. The van der Waals surface area contributed by atoms with Crippen molar-refractivity contribution in [2.45, 2.75) is 46.4 Å². The summed E-state index contributed by atoms with van der Waals surface area (Å²) in [6, 6.07) is 13.4. The average molecular weight is 777 g/mol. The van der Waals surface area contributed by atoms with E-state index in [1.807, 2.05) is 32.0 Å². The van der Waals surface area contributed by atoms with E-state index in [-0.39, 0.29) is 30.5 Å². The summed E-state index contributed by atoms with van der Waals surface area (Å²) in [5.41, 5.74) is 2.55. The Morgan fingerprint density at radius 3 is 2.46 bits per heavy atom. The molecule has 0 bridgehead atoms. The van der Waals surface area contributed by atoms with Crippen molar-refractivity contribution in [3.8, 4) is 23.0 Å². The highest BCUT2D eigenvalue weighted by atomic mass is 79.9. The quantitative estimate of drug-likeness (QED) is 0.148. The third kappa shape index (κ3) is 7.44. The Balaban J connectivity index is 1.58. The molecule has 0 unspecified atom stereocenters. The number of hydrogen-bond acceptors (Lipinski definition) is 9. The highest BCUT2D eigenvalue weighted by Crippen LogP contribution is 2.39. The number of carbonyl (C=O) groups excluding carboxylic acids is 1. The summed E-state index contributed by atoms with van der Waals surface area (Å²) in [5, 5.41) is 0.894. The van der Waals surface area contributed by atoms with E-state index >= 15 is 0 Å². The van der Waals surface area contributed by atoms with Crippen LogP contribution < -0.4 is 33.8 Å². The van der Waals surface area contributed by atoms with E-state index < -0.39 is 12.0 Å². The molecule has 4 aromatic rings. The van der Waals surface area contributed by atoms with Gasteiger partial charge >= 0.3 is 5.97 Å². The fourth-order valence-electron chi connectivity index (χ4n) is 5.21. The maximum Gasteiger partial charge on any atom is 0.338 e. The van der Waals surface area contributed by atoms with Gasteiger partial charge in [-0.2, -0.15) is 0 Å². The second-order valence-corrected chi connectivity index (χ2v) is 13.6. The normalized spacial score (nSPS) is 14.5. The fraction of sp³-hybridized carbons (Fsp3) is 0.286. The molecule has 0 N–H and O–H groups in total. The Morgan fingerprint density at radius 1 is 1.04 bits per heavy atom. The van der Waals surface area contributed by atoms with Crippen molar-refractivity contribution >= 4 is 62.5 Å². The van der Waals surface area contributed by atoms with E-state index in [1.54, 1.807) is 57.4 Å². The molecular weight excluding hydrogens is 743 g/mol. The lowest BCUT2D eigenvalue weighted by Crippen LogP contribution is -2.40. The molecule has 48 heavy (non-hydrogen) atoms. The lowest BCUT2D eigenvalue weighted by Gasteiger charge is -2.25. The Kier molecular flexibility index (Phi) is 11.2. The first kappa shape index (κ1) is 35.5. The van der Waals surface area contributed by atoms with Gasteiger partial charge in [-0.1, -0.05) is 46.7 Å². The largest absolute Gasteiger partial charge is 0.493 e. The molecule has 3 aromatic carbocycles. The molecule has 0 radical (unpaired) electrons. The summed E-state index contributed by atoms with van der Waals surface area (Å²) >= 11 is 17.0. The van der Waals surface area contributed by atoms with Crippen molar-refractivity contribution in [2.24, 2.45) is 4.99 Å². The molecule has 1 aliphatic rings. The summed E-state index contributed by atoms with van der Waals surface area (Å²) in [6.45, 7) is 7.70. The lowest BCUT2D eigenvalue weighted by molar-refractivity contribution is -0.139. The molecule has 0 aliphatic carbocycles. The highest BCUT2D eigenvalue weighted by Gasteiger charge is 2.34. The van der Waals surface area contributed by atoms with Crippen molar-refractivity contribution < 1.29 is 28.5 Å². The number of carbonyl (C=O) groups is 1. The summed E-state index contributed by atoms with van der Waals surface area (Å²) in [4.78, 5) is 32.6. The number of rotatable bonds is 11. The maximum absolute atomic E-state index is 14.2. The van der Waals surface area contributed by atoms with Crippen LogP contribution in [0, 0.1) is 0 Å². The first-order chi connectivity index (χ1) is 22.9. The number of methoxy groups -OCH3 is 2. The summed E-state index contributed by atoms with van der Waals surface area (Å²) in [5.74, 6) is 1.41. The first-order valence-corrected chi connectivity index (χ1v) is 17.3. The zero-order valence-corrected chi connectivity index (χ0v) is 31.0. The Hall–Kier alpha value is -3.77. The standard InChI is InChI=1S/C35H33BrCl2N2O7S/c1-7-45-34(42)30-19(4)39-35-40(31(30)22-9-11-26(47-18(2)3)27(16-22)43-5)33(41)29(48-35)15-21-12-23(36)32(28(14-21)44-6)46-17-20-8-10-24(37)25(38)13-20/h8-16,18,31H,7,17H2,1-6H3/b29-15-/t31-/m0/s1. The van der Waals surface area contributed by atoms with Gasteiger partial charge in [-0.3, -0.25) is 9.36 Å². The average Bonchev–Trinajstić information content (AvgIpc) is 3.34. The highest BCUT2D eigenvalue weighted by molar-refractivity contribution is 9.10. The summed E-state index contributed by atoms with van der Waals surface area (Å²) < 4.78 is 31.3. The minimum Gasteiger partial charge on any atom is -0.493 e. The molecule has 0 saturated heterocycles. The monoisotopic (exact) mass is 774 g/mol. The SMILES string of the molecule is CCOC(=O)C1=C(C)N=c2s/c(=C\c3cc(Br)c(OCc4ccc(Cl)c(Cl)c4)c(OC)c3)c(=O)n2[C@H]1c1ccc(OC(C)C)c(OC)c1. The third-order valence-electron chi connectivity index (χ3n) is 7.30. The number of hydrogen-bond donors (Lipinski definition) is 0. The zero-order chi connectivity index (χ0) is 34.7. The van der Waals surface area contributed by atoms with Gasteiger partial charge in [0.15, 0.2) is 27.8 Å². The van der Waals surface area contributed by atoms with Crippen molar-refractivity contribution in [1.82, 2.24) is 4.57 Å². The van der Waals surface area contributed by atoms with Crippen LogP contribution in [0.5, 0.6) is 23.0 Å². The first-order valence-electron chi connectivity index (χ1n) is 14.9. The number of aromatic nitrogens is 1. The molecule has 1 atom stereocenters.